The van der Waals surface area contributed by atoms with Crippen molar-refractivity contribution >= 4 is 11.8 Å². The van der Waals surface area contributed by atoms with Gasteiger partial charge in [0.2, 0.25) is 5.91 Å². The number of carbonyl (C=O) groups excluding carboxylic acids is 2. The van der Waals surface area contributed by atoms with Crippen LogP contribution in [-0.4, -0.2) is 24.4 Å². The summed E-state index contributed by atoms with van der Waals surface area (Å²) in [5, 5.41) is 5.58. The predicted octanol–water partition coefficient (Wildman–Crippen LogP) is 1.95. The lowest BCUT2D eigenvalue weighted by atomic mass is 10.1. The van der Waals surface area contributed by atoms with E-state index in [2.05, 4.69) is 10.6 Å². The molecule has 1 unspecified atom stereocenters. The fraction of sp³-hybridized carbons (Fsp3) is 0.500. The number of hydrogen-bond acceptors (Lipinski definition) is 2. The lowest BCUT2D eigenvalue weighted by Gasteiger charge is -2.13. The standard InChI is InChI=1S/C16H22N2O2/c1-10-6-11(2)8-14(7-10)16(20)17-9-15(19)18-12(3)13-4-5-13/h6-8,12-13H,4-5,9H2,1-3H3,(H,17,20)(H,18,19). The molecule has 0 radical (unpaired) electrons. The van der Waals surface area contributed by atoms with Gasteiger partial charge in [0.05, 0.1) is 6.54 Å². The molecular formula is C16H22N2O2. The van der Waals surface area contributed by atoms with Crippen LogP contribution in [0.4, 0.5) is 0 Å². The highest BCUT2D eigenvalue weighted by Gasteiger charge is 2.28. The molecule has 2 rings (SSSR count). The van der Waals surface area contributed by atoms with E-state index in [1.54, 1.807) is 0 Å². The molecule has 0 heterocycles. The minimum Gasteiger partial charge on any atom is -0.352 e. The highest BCUT2D eigenvalue weighted by atomic mass is 16.2. The number of aryl methyl sites for hydroxylation is 2. The van der Waals surface area contributed by atoms with Crippen LogP contribution in [0.3, 0.4) is 0 Å². The molecule has 0 spiro atoms. The number of hydrogen-bond donors (Lipinski definition) is 2. The Hall–Kier alpha value is -1.84. The summed E-state index contributed by atoms with van der Waals surface area (Å²) in [5.74, 6) is 0.294. The van der Waals surface area contributed by atoms with Crippen molar-refractivity contribution in [2.45, 2.75) is 39.7 Å². The fourth-order valence-corrected chi connectivity index (χ4v) is 2.39. The number of amides is 2. The number of nitrogens with one attached hydrogen (secondary N) is 2. The second kappa shape index (κ2) is 6.07. The second-order valence-corrected chi connectivity index (χ2v) is 5.75. The predicted molar refractivity (Wildman–Crippen MR) is 78.6 cm³/mol. The Bertz CT molecular complexity index is 501. The van der Waals surface area contributed by atoms with Gasteiger partial charge in [-0.25, -0.2) is 0 Å². The maximum atomic E-state index is 12.0. The van der Waals surface area contributed by atoms with Crippen LogP contribution in [0.5, 0.6) is 0 Å². The van der Waals surface area contributed by atoms with Gasteiger partial charge in [-0.05, 0) is 51.7 Å². The van der Waals surface area contributed by atoms with Gasteiger partial charge < -0.3 is 10.6 Å². The van der Waals surface area contributed by atoms with Gasteiger partial charge >= 0.3 is 0 Å². The second-order valence-electron chi connectivity index (χ2n) is 5.75. The zero-order valence-corrected chi connectivity index (χ0v) is 12.3. The molecule has 20 heavy (non-hydrogen) atoms. The first kappa shape index (κ1) is 14.6. The first-order valence-corrected chi connectivity index (χ1v) is 7.11. The van der Waals surface area contributed by atoms with Crippen LogP contribution >= 0.6 is 0 Å². The van der Waals surface area contributed by atoms with Crippen molar-refractivity contribution in [2.24, 2.45) is 5.92 Å². The summed E-state index contributed by atoms with van der Waals surface area (Å²) in [5.41, 5.74) is 2.69. The van der Waals surface area contributed by atoms with Crippen LogP contribution in [0.2, 0.25) is 0 Å². The van der Waals surface area contributed by atoms with Crippen molar-refractivity contribution in [1.82, 2.24) is 10.6 Å². The normalized spacial score (nSPS) is 15.6. The molecule has 0 aliphatic heterocycles. The summed E-state index contributed by atoms with van der Waals surface area (Å²) in [6.45, 7) is 5.95. The molecule has 1 atom stereocenters. The molecule has 0 saturated heterocycles. The first-order valence-electron chi connectivity index (χ1n) is 7.11. The molecule has 1 aromatic rings. The first-order chi connectivity index (χ1) is 9.45. The van der Waals surface area contributed by atoms with E-state index in [1.807, 2.05) is 39.0 Å². The van der Waals surface area contributed by atoms with Gasteiger partial charge in [0.25, 0.3) is 5.91 Å². The van der Waals surface area contributed by atoms with E-state index in [0.29, 0.717) is 11.5 Å². The van der Waals surface area contributed by atoms with E-state index in [4.69, 9.17) is 0 Å². The topological polar surface area (TPSA) is 58.2 Å². The average Bonchev–Trinajstić information content (AvgIpc) is 3.18. The van der Waals surface area contributed by atoms with Crippen LogP contribution in [0, 0.1) is 19.8 Å². The lowest BCUT2D eigenvalue weighted by molar-refractivity contribution is -0.120. The van der Waals surface area contributed by atoms with E-state index in [1.165, 1.54) is 12.8 Å². The Balaban J connectivity index is 1.83. The third kappa shape index (κ3) is 4.08. The maximum Gasteiger partial charge on any atom is 0.251 e. The average molecular weight is 274 g/mol. The Morgan fingerprint density at radius 3 is 2.35 bits per heavy atom. The van der Waals surface area contributed by atoms with E-state index in [-0.39, 0.29) is 24.4 Å². The quantitative estimate of drug-likeness (QED) is 0.862. The van der Waals surface area contributed by atoms with Crippen molar-refractivity contribution < 1.29 is 9.59 Å². The summed E-state index contributed by atoms with van der Waals surface area (Å²) in [4.78, 5) is 23.7. The van der Waals surface area contributed by atoms with Crippen LogP contribution in [0.1, 0.15) is 41.3 Å². The summed E-state index contributed by atoms with van der Waals surface area (Å²) in [6, 6.07) is 5.88. The smallest absolute Gasteiger partial charge is 0.251 e. The summed E-state index contributed by atoms with van der Waals surface area (Å²) in [7, 11) is 0. The van der Waals surface area contributed by atoms with Crippen molar-refractivity contribution in [3.8, 4) is 0 Å². The molecule has 1 aliphatic rings. The van der Waals surface area contributed by atoms with Gasteiger partial charge in [-0.1, -0.05) is 17.2 Å². The Kier molecular flexibility index (Phi) is 4.42. The van der Waals surface area contributed by atoms with Gasteiger partial charge in [-0.3, -0.25) is 9.59 Å². The minimum absolute atomic E-state index is 0.0306. The number of rotatable bonds is 5. The Labute approximate surface area is 119 Å². The van der Waals surface area contributed by atoms with Crippen molar-refractivity contribution in [3.05, 3.63) is 34.9 Å². The van der Waals surface area contributed by atoms with Crippen LogP contribution in [-0.2, 0) is 4.79 Å². The minimum atomic E-state index is -0.203. The maximum absolute atomic E-state index is 12.0. The Morgan fingerprint density at radius 1 is 1.20 bits per heavy atom. The largest absolute Gasteiger partial charge is 0.352 e. The van der Waals surface area contributed by atoms with E-state index in [0.717, 1.165) is 11.1 Å². The molecule has 4 heteroatoms. The van der Waals surface area contributed by atoms with E-state index < -0.39 is 0 Å². The highest BCUT2D eigenvalue weighted by molar-refractivity contribution is 5.96. The molecule has 1 fully saturated rings. The SMILES string of the molecule is Cc1cc(C)cc(C(=O)NCC(=O)NC(C)C2CC2)c1. The van der Waals surface area contributed by atoms with Gasteiger partial charge in [-0.15, -0.1) is 0 Å². The van der Waals surface area contributed by atoms with Crippen LogP contribution in [0.15, 0.2) is 18.2 Å². The van der Waals surface area contributed by atoms with Gasteiger partial charge in [0.15, 0.2) is 0 Å². The molecule has 0 aromatic heterocycles. The number of carbonyl (C=O) groups is 2. The zero-order chi connectivity index (χ0) is 14.7. The van der Waals surface area contributed by atoms with Crippen molar-refractivity contribution in [2.75, 3.05) is 6.54 Å². The Morgan fingerprint density at radius 2 is 1.80 bits per heavy atom. The number of benzene rings is 1. The third-order valence-electron chi connectivity index (χ3n) is 3.61. The molecular weight excluding hydrogens is 252 g/mol. The fourth-order valence-electron chi connectivity index (χ4n) is 2.39. The summed E-state index contributed by atoms with van der Waals surface area (Å²) >= 11 is 0. The molecule has 1 aliphatic carbocycles. The summed E-state index contributed by atoms with van der Waals surface area (Å²) in [6.07, 6.45) is 2.38. The molecule has 1 aromatic carbocycles. The van der Waals surface area contributed by atoms with E-state index >= 15 is 0 Å². The monoisotopic (exact) mass is 274 g/mol. The van der Waals surface area contributed by atoms with Gasteiger partial charge in [0, 0.05) is 11.6 Å². The van der Waals surface area contributed by atoms with Crippen molar-refractivity contribution in [1.29, 1.82) is 0 Å². The van der Waals surface area contributed by atoms with Crippen LogP contribution < -0.4 is 10.6 Å². The van der Waals surface area contributed by atoms with E-state index in [9.17, 15) is 9.59 Å². The lowest BCUT2D eigenvalue weighted by Crippen LogP contribution is -2.41. The molecule has 4 nitrogen and oxygen atoms in total. The highest BCUT2D eigenvalue weighted by Crippen LogP contribution is 2.32. The zero-order valence-electron chi connectivity index (χ0n) is 12.3. The molecule has 1 saturated carbocycles. The van der Waals surface area contributed by atoms with Gasteiger partial charge in [0.1, 0.15) is 0 Å². The van der Waals surface area contributed by atoms with Crippen molar-refractivity contribution in [3.63, 3.8) is 0 Å². The van der Waals surface area contributed by atoms with Crippen LogP contribution in [0.25, 0.3) is 0 Å². The molecule has 2 amide bonds. The third-order valence-corrected chi connectivity index (χ3v) is 3.61. The molecule has 108 valence electrons. The summed E-state index contributed by atoms with van der Waals surface area (Å²) < 4.78 is 0. The van der Waals surface area contributed by atoms with Gasteiger partial charge in [-0.2, -0.15) is 0 Å². The molecule has 0 bridgehead atoms. The molecule has 2 N–H and O–H groups in total.